The standard InChI is InChI=1S/C22H19F2NOS/c1-15(22(26)25-18-12-13-19(23)20(24)14-18)27-21(16-8-4-2-5-9-16)17-10-6-3-7-11-17/h2-15,21H,1H3,(H,25,26)/t15-/m1/s1. The number of nitrogens with one attached hydrogen (secondary N) is 1. The number of hydrogen-bond donors (Lipinski definition) is 1. The minimum Gasteiger partial charge on any atom is -0.325 e. The first-order valence-corrected chi connectivity index (χ1v) is 9.50. The number of halogens is 2. The molecule has 2 nitrogen and oxygen atoms in total. The van der Waals surface area contributed by atoms with Crippen LogP contribution in [0, 0.1) is 11.6 Å². The molecule has 3 aromatic rings. The Balaban J connectivity index is 1.76. The van der Waals surface area contributed by atoms with Gasteiger partial charge in [0.25, 0.3) is 0 Å². The molecule has 3 aromatic carbocycles. The Bertz CT molecular complexity index is 863. The van der Waals surface area contributed by atoms with E-state index in [2.05, 4.69) is 5.32 Å². The van der Waals surface area contributed by atoms with E-state index in [1.54, 1.807) is 6.92 Å². The topological polar surface area (TPSA) is 29.1 Å². The summed E-state index contributed by atoms with van der Waals surface area (Å²) < 4.78 is 26.4. The van der Waals surface area contributed by atoms with Gasteiger partial charge >= 0.3 is 0 Å². The van der Waals surface area contributed by atoms with Crippen molar-refractivity contribution in [2.45, 2.75) is 17.4 Å². The molecule has 0 aliphatic rings. The molecule has 0 bridgehead atoms. The lowest BCUT2D eigenvalue weighted by Crippen LogP contribution is -2.23. The van der Waals surface area contributed by atoms with Gasteiger partial charge in [-0.1, -0.05) is 60.7 Å². The molecule has 0 fully saturated rings. The molecule has 27 heavy (non-hydrogen) atoms. The van der Waals surface area contributed by atoms with Gasteiger partial charge in [-0.2, -0.15) is 0 Å². The van der Waals surface area contributed by atoms with E-state index in [-0.39, 0.29) is 16.8 Å². The molecule has 138 valence electrons. The van der Waals surface area contributed by atoms with Crippen molar-refractivity contribution in [2.75, 3.05) is 5.32 Å². The predicted molar refractivity (Wildman–Crippen MR) is 107 cm³/mol. The molecule has 3 rings (SSSR count). The lowest BCUT2D eigenvalue weighted by molar-refractivity contribution is -0.115. The Morgan fingerprint density at radius 3 is 1.93 bits per heavy atom. The molecule has 1 atom stereocenters. The Hall–Kier alpha value is -2.66. The first-order valence-electron chi connectivity index (χ1n) is 8.56. The minimum absolute atomic E-state index is 0.0156. The second-order valence-electron chi connectivity index (χ2n) is 6.10. The number of thioether (sulfide) groups is 1. The zero-order valence-corrected chi connectivity index (χ0v) is 15.5. The van der Waals surface area contributed by atoms with Crippen molar-refractivity contribution >= 4 is 23.4 Å². The number of benzene rings is 3. The molecule has 1 N–H and O–H groups in total. The highest BCUT2D eigenvalue weighted by molar-refractivity contribution is 8.01. The summed E-state index contributed by atoms with van der Waals surface area (Å²) in [6.45, 7) is 1.80. The monoisotopic (exact) mass is 383 g/mol. The van der Waals surface area contributed by atoms with E-state index >= 15 is 0 Å². The van der Waals surface area contributed by atoms with Crippen molar-refractivity contribution in [1.82, 2.24) is 0 Å². The van der Waals surface area contributed by atoms with E-state index in [0.29, 0.717) is 0 Å². The van der Waals surface area contributed by atoms with Gasteiger partial charge in [0, 0.05) is 11.8 Å². The molecule has 0 unspecified atom stereocenters. The fourth-order valence-electron chi connectivity index (χ4n) is 2.69. The fraction of sp³-hybridized carbons (Fsp3) is 0.136. The summed E-state index contributed by atoms with van der Waals surface area (Å²) >= 11 is 1.51. The van der Waals surface area contributed by atoms with Gasteiger partial charge in [-0.25, -0.2) is 8.78 Å². The van der Waals surface area contributed by atoms with E-state index in [1.807, 2.05) is 60.7 Å². The summed E-state index contributed by atoms with van der Waals surface area (Å²) in [7, 11) is 0. The molecular weight excluding hydrogens is 364 g/mol. The van der Waals surface area contributed by atoms with Crippen LogP contribution in [0.1, 0.15) is 23.3 Å². The third kappa shape index (κ3) is 4.95. The Kier molecular flexibility index (Phi) is 6.24. The average molecular weight is 383 g/mol. The quantitative estimate of drug-likeness (QED) is 0.582. The van der Waals surface area contributed by atoms with Crippen LogP contribution in [0.15, 0.2) is 78.9 Å². The molecule has 1 amide bonds. The molecule has 0 saturated heterocycles. The van der Waals surface area contributed by atoms with E-state index in [4.69, 9.17) is 0 Å². The van der Waals surface area contributed by atoms with Gasteiger partial charge in [-0.05, 0) is 30.2 Å². The summed E-state index contributed by atoms with van der Waals surface area (Å²) in [5.74, 6) is -2.19. The predicted octanol–water partition coefficient (Wildman–Crippen LogP) is 5.81. The normalized spacial score (nSPS) is 12.0. The van der Waals surface area contributed by atoms with E-state index < -0.39 is 16.9 Å². The van der Waals surface area contributed by atoms with Gasteiger partial charge in [0.1, 0.15) is 0 Å². The molecule has 5 heteroatoms. The summed E-state index contributed by atoms with van der Waals surface area (Å²) in [5, 5.41) is 2.24. The van der Waals surface area contributed by atoms with Crippen LogP contribution >= 0.6 is 11.8 Å². The summed E-state index contributed by atoms with van der Waals surface area (Å²) in [5.41, 5.74) is 2.43. The van der Waals surface area contributed by atoms with E-state index in [0.717, 1.165) is 23.3 Å². The zero-order chi connectivity index (χ0) is 19.2. The maximum Gasteiger partial charge on any atom is 0.237 e. The molecule has 0 aliphatic heterocycles. The molecule has 0 aliphatic carbocycles. The highest BCUT2D eigenvalue weighted by atomic mass is 32.2. The van der Waals surface area contributed by atoms with Crippen LogP contribution in [0.3, 0.4) is 0 Å². The Morgan fingerprint density at radius 1 is 0.852 bits per heavy atom. The summed E-state index contributed by atoms with van der Waals surface area (Å²) in [6, 6.07) is 23.2. The third-order valence-corrected chi connectivity index (χ3v) is 5.54. The summed E-state index contributed by atoms with van der Waals surface area (Å²) in [4.78, 5) is 12.6. The van der Waals surface area contributed by atoms with Crippen molar-refractivity contribution in [2.24, 2.45) is 0 Å². The van der Waals surface area contributed by atoms with Crippen LogP contribution in [0.4, 0.5) is 14.5 Å². The zero-order valence-electron chi connectivity index (χ0n) is 14.7. The molecule has 0 radical (unpaired) electrons. The summed E-state index contributed by atoms with van der Waals surface area (Å²) in [6.07, 6.45) is 0. The van der Waals surface area contributed by atoms with Gasteiger partial charge in [0.15, 0.2) is 11.6 Å². The second-order valence-corrected chi connectivity index (χ2v) is 7.55. The van der Waals surface area contributed by atoms with Crippen LogP contribution in [0.2, 0.25) is 0 Å². The fourth-order valence-corrected chi connectivity index (χ4v) is 3.91. The van der Waals surface area contributed by atoms with Crippen molar-refractivity contribution in [1.29, 1.82) is 0 Å². The highest BCUT2D eigenvalue weighted by Gasteiger charge is 2.22. The molecule has 0 heterocycles. The SMILES string of the molecule is C[C@@H](SC(c1ccccc1)c1ccccc1)C(=O)Nc1ccc(F)c(F)c1. The number of anilines is 1. The van der Waals surface area contributed by atoms with Crippen molar-refractivity contribution in [3.8, 4) is 0 Å². The van der Waals surface area contributed by atoms with E-state index in [9.17, 15) is 13.6 Å². The highest BCUT2D eigenvalue weighted by Crippen LogP contribution is 2.38. The molecular formula is C22H19F2NOS. The van der Waals surface area contributed by atoms with Gasteiger partial charge in [0.05, 0.1) is 10.5 Å². The van der Waals surface area contributed by atoms with Crippen LogP contribution < -0.4 is 5.32 Å². The number of hydrogen-bond acceptors (Lipinski definition) is 2. The Morgan fingerprint density at radius 2 is 1.41 bits per heavy atom. The van der Waals surface area contributed by atoms with Crippen LogP contribution in [-0.4, -0.2) is 11.2 Å². The third-order valence-electron chi connectivity index (χ3n) is 4.10. The van der Waals surface area contributed by atoms with Crippen molar-refractivity contribution < 1.29 is 13.6 Å². The average Bonchev–Trinajstić information content (AvgIpc) is 2.70. The van der Waals surface area contributed by atoms with Gasteiger partial charge < -0.3 is 5.32 Å². The minimum atomic E-state index is -0.987. The van der Waals surface area contributed by atoms with Gasteiger partial charge in [0.2, 0.25) is 5.91 Å². The van der Waals surface area contributed by atoms with Crippen LogP contribution in [0.25, 0.3) is 0 Å². The van der Waals surface area contributed by atoms with Gasteiger partial charge in [-0.15, -0.1) is 11.8 Å². The van der Waals surface area contributed by atoms with Gasteiger partial charge in [-0.3, -0.25) is 4.79 Å². The number of amides is 1. The maximum atomic E-state index is 13.4. The molecule has 0 aromatic heterocycles. The second kappa shape index (κ2) is 8.82. The van der Waals surface area contributed by atoms with Crippen LogP contribution in [-0.2, 0) is 4.79 Å². The largest absolute Gasteiger partial charge is 0.325 e. The molecule has 0 saturated carbocycles. The Labute approximate surface area is 161 Å². The van der Waals surface area contributed by atoms with E-state index in [1.165, 1.54) is 17.8 Å². The smallest absolute Gasteiger partial charge is 0.237 e. The lowest BCUT2D eigenvalue weighted by Gasteiger charge is -2.21. The van der Waals surface area contributed by atoms with Crippen molar-refractivity contribution in [3.63, 3.8) is 0 Å². The maximum absolute atomic E-state index is 13.4. The number of rotatable bonds is 6. The number of carbonyl (C=O) groups is 1. The molecule has 0 spiro atoms. The first-order chi connectivity index (χ1) is 13.0. The lowest BCUT2D eigenvalue weighted by atomic mass is 10.0. The van der Waals surface area contributed by atoms with Crippen molar-refractivity contribution in [3.05, 3.63) is 102 Å². The number of carbonyl (C=O) groups excluding carboxylic acids is 1. The first kappa shape index (κ1) is 19.1. The van der Waals surface area contributed by atoms with Crippen LogP contribution in [0.5, 0.6) is 0 Å².